The summed E-state index contributed by atoms with van der Waals surface area (Å²) in [6.07, 6.45) is 0.899. The van der Waals surface area contributed by atoms with Crippen molar-refractivity contribution in [3.8, 4) is 16.9 Å². The van der Waals surface area contributed by atoms with Gasteiger partial charge in [0, 0.05) is 38.3 Å². The van der Waals surface area contributed by atoms with Gasteiger partial charge in [-0.15, -0.1) is 10.2 Å². The summed E-state index contributed by atoms with van der Waals surface area (Å²) in [5, 5.41) is 7.93. The van der Waals surface area contributed by atoms with Crippen molar-refractivity contribution in [2.24, 2.45) is 0 Å². The first-order chi connectivity index (χ1) is 17.2. The molecule has 0 aliphatic carbocycles. The highest BCUT2D eigenvalue weighted by atomic mass is 32.2. The largest absolute Gasteiger partial charge is 0.494 e. The summed E-state index contributed by atoms with van der Waals surface area (Å²) in [6, 6.07) is 15.9. The van der Waals surface area contributed by atoms with E-state index in [4.69, 9.17) is 4.74 Å². The minimum Gasteiger partial charge on any atom is -0.494 e. The maximum absolute atomic E-state index is 14.9. The average molecular weight is 514 g/mol. The molecule has 2 aromatic carbocycles. The number of anilines is 1. The van der Waals surface area contributed by atoms with Gasteiger partial charge in [-0.3, -0.25) is 9.69 Å². The predicted octanol–water partition coefficient (Wildman–Crippen LogP) is 2.69. The summed E-state index contributed by atoms with van der Waals surface area (Å²) in [5.74, 6) is 0.236. The van der Waals surface area contributed by atoms with Crippen molar-refractivity contribution in [1.82, 2.24) is 19.8 Å². The summed E-state index contributed by atoms with van der Waals surface area (Å²) in [7, 11) is -3.67. The fraction of sp³-hybridized carbons (Fsp3) is 0.320. The SMILES string of the molecule is CCOc1cccc(-c2ccc(CN3CCN(c4ccc(C(=O)NS(C)(=O)=O)nn4)CC3)cc2F)c1. The van der Waals surface area contributed by atoms with Crippen molar-refractivity contribution in [3.05, 3.63) is 71.7 Å². The third-order valence-electron chi connectivity index (χ3n) is 5.75. The number of ether oxygens (including phenoxy) is 1. The Morgan fingerprint density at radius 1 is 1.06 bits per heavy atom. The van der Waals surface area contributed by atoms with Crippen LogP contribution in [0.25, 0.3) is 11.1 Å². The Hall–Kier alpha value is -3.57. The number of rotatable bonds is 8. The molecular formula is C25H28FN5O4S. The number of halogens is 1. The zero-order valence-electron chi connectivity index (χ0n) is 20.1. The van der Waals surface area contributed by atoms with E-state index < -0.39 is 15.9 Å². The second-order valence-corrected chi connectivity index (χ2v) is 10.3. The van der Waals surface area contributed by atoms with Crippen molar-refractivity contribution in [1.29, 1.82) is 0 Å². The Morgan fingerprint density at radius 2 is 1.83 bits per heavy atom. The Kier molecular flexibility index (Phi) is 7.80. The van der Waals surface area contributed by atoms with Crippen molar-refractivity contribution >= 4 is 21.7 Å². The Labute approximate surface area is 210 Å². The van der Waals surface area contributed by atoms with E-state index in [9.17, 15) is 17.6 Å². The average Bonchev–Trinajstić information content (AvgIpc) is 2.84. The van der Waals surface area contributed by atoms with Gasteiger partial charge >= 0.3 is 0 Å². The molecule has 1 aliphatic heterocycles. The lowest BCUT2D eigenvalue weighted by atomic mass is 10.0. The van der Waals surface area contributed by atoms with Gasteiger partial charge in [0.1, 0.15) is 11.6 Å². The van der Waals surface area contributed by atoms with Gasteiger partial charge < -0.3 is 9.64 Å². The summed E-state index contributed by atoms with van der Waals surface area (Å²) in [5.41, 5.74) is 2.14. The first-order valence-corrected chi connectivity index (χ1v) is 13.5. The normalized spacial score (nSPS) is 14.5. The quantitative estimate of drug-likeness (QED) is 0.490. The molecule has 190 valence electrons. The number of carbonyl (C=O) groups excluding carboxylic acids is 1. The summed E-state index contributed by atoms with van der Waals surface area (Å²) >= 11 is 0. The molecule has 1 N–H and O–H groups in total. The molecule has 0 radical (unpaired) electrons. The van der Waals surface area contributed by atoms with E-state index in [1.807, 2.05) is 52.9 Å². The number of nitrogens with zero attached hydrogens (tertiary/aromatic N) is 4. The van der Waals surface area contributed by atoms with E-state index in [2.05, 4.69) is 15.1 Å². The number of carbonyl (C=O) groups is 1. The first-order valence-electron chi connectivity index (χ1n) is 11.6. The number of benzene rings is 2. The van der Waals surface area contributed by atoms with Crippen LogP contribution in [-0.4, -0.2) is 68.5 Å². The molecule has 1 aromatic heterocycles. The van der Waals surface area contributed by atoms with Crippen LogP contribution in [0.3, 0.4) is 0 Å². The number of nitrogens with one attached hydrogen (secondary N) is 1. The molecule has 11 heteroatoms. The Bertz CT molecular complexity index is 1330. The van der Waals surface area contributed by atoms with Crippen LogP contribution in [0, 0.1) is 5.82 Å². The maximum Gasteiger partial charge on any atom is 0.285 e. The van der Waals surface area contributed by atoms with Crippen LogP contribution < -0.4 is 14.4 Å². The van der Waals surface area contributed by atoms with Gasteiger partial charge in [-0.25, -0.2) is 17.5 Å². The van der Waals surface area contributed by atoms with Crippen LogP contribution in [0.15, 0.2) is 54.6 Å². The number of sulfonamides is 1. The molecule has 1 amide bonds. The maximum atomic E-state index is 14.9. The van der Waals surface area contributed by atoms with Gasteiger partial charge in [0.05, 0.1) is 12.9 Å². The van der Waals surface area contributed by atoms with Gasteiger partial charge in [-0.1, -0.05) is 24.3 Å². The molecule has 1 aliphatic rings. The fourth-order valence-corrected chi connectivity index (χ4v) is 4.48. The van der Waals surface area contributed by atoms with Crippen LogP contribution in [0.5, 0.6) is 5.75 Å². The minimum absolute atomic E-state index is 0.0714. The Morgan fingerprint density at radius 3 is 2.47 bits per heavy atom. The standard InChI is InChI=1S/C25H28FN5O4S/c1-3-35-20-6-4-5-19(16-20)21-8-7-18(15-22(21)26)17-30-11-13-31(14-12-30)24-10-9-23(27-28-24)25(32)29-36(2,33)34/h4-10,15-16H,3,11-14,17H2,1-2H3,(H,29,32). The molecule has 4 rings (SSSR count). The molecule has 0 bridgehead atoms. The lowest BCUT2D eigenvalue weighted by molar-refractivity contribution is 0.0976. The van der Waals surface area contributed by atoms with E-state index in [1.165, 1.54) is 6.07 Å². The number of piperazine rings is 1. The summed E-state index contributed by atoms with van der Waals surface area (Å²) in [6.45, 7) is 5.96. The van der Waals surface area contributed by atoms with Gasteiger partial charge in [-0.2, -0.15) is 0 Å². The molecule has 9 nitrogen and oxygen atoms in total. The van der Waals surface area contributed by atoms with Gasteiger partial charge in [0.15, 0.2) is 11.5 Å². The molecule has 0 unspecified atom stereocenters. The third kappa shape index (κ3) is 6.55. The fourth-order valence-electron chi connectivity index (χ4n) is 4.04. The van der Waals surface area contributed by atoms with Crippen molar-refractivity contribution < 1.29 is 22.3 Å². The molecule has 2 heterocycles. The third-order valence-corrected chi connectivity index (χ3v) is 6.31. The van der Waals surface area contributed by atoms with Crippen LogP contribution >= 0.6 is 0 Å². The van der Waals surface area contributed by atoms with E-state index in [0.29, 0.717) is 43.4 Å². The summed E-state index contributed by atoms with van der Waals surface area (Å²) < 4.78 is 44.7. The number of amides is 1. The highest BCUT2D eigenvalue weighted by Crippen LogP contribution is 2.27. The van der Waals surface area contributed by atoms with Crippen molar-refractivity contribution in [2.75, 3.05) is 43.9 Å². The van der Waals surface area contributed by atoms with Gasteiger partial charge in [0.2, 0.25) is 10.0 Å². The molecular weight excluding hydrogens is 485 g/mol. The smallest absolute Gasteiger partial charge is 0.285 e. The van der Waals surface area contributed by atoms with Gasteiger partial charge in [0.25, 0.3) is 5.91 Å². The first kappa shape index (κ1) is 25.5. The topological polar surface area (TPSA) is 105 Å². The number of hydrogen-bond donors (Lipinski definition) is 1. The zero-order valence-corrected chi connectivity index (χ0v) is 21.0. The van der Waals surface area contributed by atoms with E-state index in [1.54, 1.807) is 12.1 Å². The lowest BCUT2D eigenvalue weighted by Gasteiger charge is -2.35. The van der Waals surface area contributed by atoms with E-state index in [-0.39, 0.29) is 11.5 Å². The van der Waals surface area contributed by atoms with E-state index in [0.717, 1.165) is 30.5 Å². The van der Waals surface area contributed by atoms with Crippen LogP contribution in [0.4, 0.5) is 10.2 Å². The second kappa shape index (κ2) is 11.0. The van der Waals surface area contributed by atoms with Gasteiger partial charge in [-0.05, 0) is 48.4 Å². The molecule has 1 saturated heterocycles. The molecule has 0 atom stereocenters. The monoisotopic (exact) mass is 513 g/mol. The highest BCUT2D eigenvalue weighted by molar-refractivity contribution is 7.89. The molecule has 0 saturated carbocycles. The zero-order chi connectivity index (χ0) is 25.7. The highest BCUT2D eigenvalue weighted by Gasteiger charge is 2.20. The van der Waals surface area contributed by atoms with Crippen LogP contribution in [-0.2, 0) is 16.6 Å². The molecule has 36 heavy (non-hydrogen) atoms. The lowest BCUT2D eigenvalue weighted by Crippen LogP contribution is -2.46. The molecule has 3 aromatic rings. The minimum atomic E-state index is -3.67. The summed E-state index contributed by atoms with van der Waals surface area (Å²) in [4.78, 5) is 16.2. The predicted molar refractivity (Wildman–Crippen MR) is 135 cm³/mol. The van der Waals surface area contributed by atoms with E-state index >= 15 is 0 Å². The van der Waals surface area contributed by atoms with Crippen molar-refractivity contribution in [2.45, 2.75) is 13.5 Å². The number of hydrogen-bond acceptors (Lipinski definition) is 8. The molecule has 0 spiro atoms. The Balaban J connectivity index is 1.33. The molecule has 1 fully saturated rings. The van der Waals surface area contributed by atoms with Crippen LogP contribution in [0.2, 0.25) is 0 Å². The number of aromatic nitrogens is 2. The van der Waals surface area contributed by atoms with Crippen molar-refractivity contribution in [3.63, 3.8) is 0 Å². The van der Waals surface area contributed by atoms with Crippen LogP contribution in [0.1, 0.15) is 23.0 Å². The second-order valence-electron chi connectivity index (χ2n) is 8.52.